The Balaban J connectivity index is 2.13. The Bertz CT molecular complexity index is 847. The van der Waals surface area contributed by atoms with Crippen LogP contribution in [0.25, 0.3) is 16.4 Å². The van der Waals surface area contributed by atoms with E-state index in [9.17, 15) is 5.26 Å². The average molecular weight is 312 g/mol. The van der Waals surface area contributed by atoms with Gasteiger partial charge in [-0.1, -0.05) is 40.3 Å². The summed E-state index contributed by atoms with van der Waals surface area (Å²) in [6.07, 6.45) is 0. The maximum atomic E-state index is 9.28. The van der Waals surface area contributed by atoms with Gasteiger partial charge in [-0.2, -0.15) is 9.94 Å². The van der Waals surface area contributed by atoms with Gasteiger partial charge < -0.3 is 4.74 Å². The molecule has 0 N–H and O–H groups in total. The molecule has 0 aliphatic rings. The van der Waals surface area contributed by atoms with Gasteiger partial charge in [0.2, 0.25) is 5.13 Å². The van der Waals surface area contributed by atoms with E-state index in [1.54, 1.807) is 11.8 Å². The molecule has 22 heavy (non-hydrogen) atoms. The Labute approximate surface area is 130 Å². The van der Waals surface area contributed by atoms with Crippen molar-refractivity contribution in [2.75, 3.05) is 7.11 Å². The summed E-state index contributed by atoms with van der Waals surface area (Å²) in [5.41, 5.74) is 2.83. The molecule has 0 unspecified atom stereocenters. The van der Waals surface area contributed by atoms with Crippen molar-refractivity contribution >= 4 is 11.3 Å². The van der Waals surface area contributed by atoms with Gasteiger partial charge in [0.15, 0.2) is 5.69 Å². The van der Waals surface area contributed by atoms with Gasteiger partial charge in [-0.25, -0.2) is 0 Å². The van der Waals surface area contributed by atoms with Crippen molar-refractivity contribution in [1.82, 2.24) is 25.2 Å². The summed E-state index contributed by atoms with van der Waals surface area (Å²) < 4.78 is 6.59. The Hall–Kier alpha value is -2.63. The molecular weight excluding hydrogens is 300 g/mol. The van der Waals surface area contributed by atoms with Gasteiger partial charge in [0, 0.05) is 12.7 Å². The first-order chi connectivity index (χ1) is 10.7. The van der Waals surface area contributed by atoms with Crippen molar-refractivity contribution in [3.63, 3.8) is 0 Å². The monoisotopic (exact) mass is 312 g/mol. The molecule has 0 radical (unpaired) electrons. The Morgan fingerprint density at radius 1 is 1.32 bits per heavy atom. The number of aryl methyl sites for hydroxylation is 1. The summed E-state index contributed by atoms with van der Waals surface area (Å²) in [6.45, 7) is 2.38. The molecule has 1 aromatic carbocycles. The van der Waals surface area contributed by atoms with Gasteiger partial charge in [-0.05, 0) is 13.0 Å². The smallest absolute Gasteiger partial charge is 0.234 e. The minimum atomic E-state index is 0.258. The van der Waals surface area contributed by atoms with Crippen molar-refractivity contribution in [2.24, 2.45) is 0 Å². The second-order valence-electron chi connectivity index (χ2n) is 4.59. The third kappa shape index (κ3) is 2.59. The molecular formula is C14H12N6OS. The van der Waals surface area contributed by atoms with Crippen molar-refractivity contribution < 1.29 is 4.74 Å². The van der Waals surface area contributed by atoms with E-state index in [1.807, 2.05) is 31.2 Å². The van der Waals surface area contributed by atoms with Crippen LogP contribution in [-0.2, 0) is 11.3 Å². The molecule has 0 aliphatic carbocycles. The predicted octanol–water partition coefficient (Wildman–Crippen LogP) is 2.11. The molecule has 3 aromatic rings. The second kappa shape index (κ2) is 6.01. The first-order valence-electron chi connectivity index (χ1n) is 6.47. The second-order valence-corrected chi connectivity index (χ2v) is 5.63. The van der Waals surface area contributed by atoms with Crippen LogP contribution in [0.5, 0.6) is 0 Å². The van der Waals surface area contributed by atoms with E-state index in [-0.39, 0.29) is 5.69 Å². The van der Waals surface area contributed by atoms with E-state index in [4.69, 9.17) is 4.74 Å². The van der Waals surface area contributed by atoms with Crippen LogP contribution in [0.3, 0.4) is 0 Å². The van der Waals surface area contributed by atoms with Crippen LogP contribution in [0.4, 0.5) is 0 Å². The zero-order valence-electron chi connectivity index (χ0n) is 12.0. The lowest BCUT2D eigenvalue weighted by atomic mass is 10.1. The van der Waals surface area contributed by atoms with Gasteiger partial charge in [-0.15, -0.1) is 15.3 Å². The van der Waals surface area contributed by atoms with E-state index in [0.717, 1.165) is 16.1 Å². The molecule has 0 saturated heterocycles. The molecule has 0 spiro atoms. The number of ether oxygens (including phenoxy) is 1. The molecule has 7 nitrogen and oxygen atoms in total. The number of nitrogens with zero attached hydrogens (tertiary/aromatic N) is 6. The maximum absolute atomic E-state index is 9.28. The summed E-state index contributed by atoms with van der Waals surface area (Å²) in [5, 5.41) is 26.7. The molecule has 0 fully saturated rings. The molecule has 2 heterocycles. The maximum Gasteiger partial charge on any atom is 0.234 e. The highest BCUT2D eigenvalue weighted by Crippen LogP contribution is 2.27. The van der Waals surface area contributed by atoms with Crippen molar-refractivity contribution in [3.8, 4) is 22.5 Å². The Kier molecular flexibility index (Phi) is 3.91. The molecule has 8 heteroatoms. The summed E-state index contributed by atoms with van der Waals surface area (Å²) in [5.74, 6) is 0. The lowest BCUT2D eigenvalue weighted by Gasteiger charge is -2.04. The van der Waals surface area contributed by atoms with Crippen LogP contribution in [-0.4, -0.2) is 32.3 Å². The molecule has 3 rings (SSSR count). The van der Waals surface area contributed by atoms with Gasteiger partial charge in [-0.3, -0.25) is 0 Å². The fourth-order valence-corrected chi connectivity index (χ4v) is 2.82. The number of rotatable bonds is 4. The van der Waals surface area contributed by atoms with Gasteiger partial charge in [0.1, 0.15) is 23.4 Å². The van der Waals surface area contributed by atoms with Crippen LogP contribution in [0, 0.1) is 18.3 Å². The first-order valence-corrected chi connectivity index (χ1v) is 7.29. The Morgan fingerprint density at radius 2 is 2.18 bits per heavy atom. The fraction of sp³-hybridized carbons (Fsp3) is 0.214. The van der Waals surface area contributed by atoms with E-state index in [0.29, 0.717) is 17.4 Å². The topological polar surface area (TPSA) is 89.5 Å². The lowest BCUT2D eigenvalue weighted by Crippen LogP contribution is -1.99. The molecule has 0 bridgehead atoms. The predicted molar refractivity (Wildman–Crippen MR) is 80.4 cm³/mol. The van der Waals surface area contributed by atoms with Crippen molar-refractivity contribution in [2.45, 2.75) is 13.5 Å². The fourth-order valence-electron chi connectivity index (χ4n) is 2.05. The SMILES string of the molecule is COCc1nnc(-n2nnc(C#N)c2-c2cccc(C)c2)s1. The number of aromatic nitrogens is 5. The van der Waals surface area contributed by atoms with E-state index < -0.39 is 0 Å². The highest BCUT2D eigenvalue weighted by Gasteiger charge is 2.19. The van der Waals surface area contributed by atoms with Crippen LogP contribution in [0.15, 0.2) is 24.3 Å². The third-order valence-corrected chi connectivity index (χ3v) is 3.85. The third-order valence-electron chi connectivity index (χ3n) is 2.97. The zero-order valence-corrected chi connectivity index (χ0v) is 12.8. The number of hydrogen-bond donors (Lipinski definition) is 0. The molecule has 110 valence electrons. The molecule has 0 amide bonds. The number of nitriles is 1. The molecule has 0 saturated carbocycles. The Morgan fingerprint density at radius 3 is 2.91 bits per heavy atom. The standard InChI is InChI=1S/C14H12N6OS/c1-9-4-3-5-10(6-9)13-11(7-15)16-19-20(13)14-18-17-12(22-14)8-21-2/h3-6H,8H2,1-2H3. The summed E-state index contributed by atoms with van der Waals surface area (Å²) in [6, 6.07) is 9.89. The number of hydrogen-bond acceptors (Lipinski definition) is 7. The average Bonchev–Trinajstić information content (AvgIpc) is 3.13. The summed E-state index contributed by atoms with van der Waals surface area (Å²) >= 11 is 1.35. The minimum absolute atomic E-state index is 0.258. The molecule has 0 aliphatic heterocycles. The molecule has 2 aromatic heterocycles. The van der Waals surface area contributed by atoms with Crippen LogP contribution < -0.4 is 0 Å². The molecule has 0 atom stereocenters. The quantitative estimate of drug-likeness (QED) is 0.733. The number of benzene rings is 1. The zero-order chi connectivity index (χ0) is 15.5. The largest absolute Gasteiger partial charge is 0.377 e. The van der Waals surface area contributed by atoms with Gasteiger partial charge >= 0.3 is 0 Å². The van der Waals surface area contributed by atoms with Crippen LogP contribution in [0.1, 0.15) is 16.3 Å². The number of methoxy groups -OCH3 is 1. The van der Waals surface area contributed by atoms with Crippen LogP contribution >= 0.6 is 11.3 Å². The van der Waals surface area contributed by atoms with Crippen molar-refractivity contribution in [3.05, 3.63) is 40.5 Å². The lowest BCUT2D eigenvalue weighted by molar-refractivity contribution is 0.184. The van der Waals surface area contributed by atoms with E-state index in [2.05, 4.69) is 26.6 Å². The van der Waals surface area contributed by atoms with Gasteiger partial charge in [0.25, 0.3) is 0 Å². The first kappa shape index (κ1) is 14.3. The summed E-state index contributed by atoms with van der Waals surface area (Å²) in [7, 11) is 1.60. The highest BCUT2D eigenvalue weighted by atomic mass is 32.1. The normalized spacial score (nSPS) is 10.6. The van der Waals surface area contributed by atoms with E-state index >= 15 is 0 Å². The van der Waals surface area contributed by atoms with Crippen molar-refractivity contribution in [1.29, 1.82) is 5.26 Å². The minimum Gasteiger partial charge on any atom is -0.377 e. The van der Waals surface area contributed by atoms with Crippen LogP contribution in [0.2, 0.25) is 0 Å². The van der Waals surface area contributed by atoms with Gasteiger partial charge in [0.05, 0.1) is 0 Å². The van der Waals surface area contributed by atoms with E-state index in [1.165, 1.54) is 11.3 Å². The highest BCUT2D eigenvalue weighted by molar-refractivity contribution is 7.13. The summed E-state index contributed by atoms with van der Waals surface area (Å²) in [4.78, 5) is 0.